The van der Waals surface area contributed by atoms with Crippen LogP contribution in [0.5, 0.6) is 0 Å². The largest absolute Gasteiger partial charge is 0.480 e. The maximum absolute atomic E-state index is 12.9. The zero-order chi connectivity index (χ0) is 25.4. The molecule has 12 heteroatoms. The van der Waals surface area contributed by atoms with Crippen molar-refractivity contribution in [3.63, 3.8) is 0 Å². The van der Waals surface area contributed by atoms with Crippen LogP contribution >= 0.6 is 0 Å². The van der Waals surface area contributed by atoms with Crippen LogP contribution in [-0.4, -0.2) is 77.8 Å². The highest BCUT2D eigenvalue weighted by molar-refractivity contribution is 5.94. The second kappa shape index (κ2) is 17.2. The molecule has 0 aliphatic carbocycles. The molecule has 0 aromatic carbocycles. The summed E-state index contributed by atoms with van der Waals surface area (Å²) in [4.78, 5) is 49.2. The molecule has 0 spiro atoms. The van der Waals surface area contributed by atoms with Gasteiger partial charge < -0.3 is 43.4 Å². The standard InChI is InChI=1S/C21H42N6O6/c1-3-13(2)17(27-18(29)14(24)8-4-6-10-22)20(31)26-16(12-28)19(30)25-15(21(32)33)9-5-7-11-23/h13-17,28H,3-12,22-24H2,1-2H3,(H,25,30)(H,26,31)(H,27,29)(H,32,33). The monoisotopic (exact) mass is 474 g/mol. The van der Waals surface area contributed by atoms with Gasteiger partial charge in [0.05, 0.1) is 12.6 Å². The molecule has 5 unspecified atom stereocenters. The molecule has 5 atom stereocenters. The molecular weight excluding hydrogens is 432 g/mol. The summed E-state index contributed by atoms with van der Waals surface area (Å²) >= 11 is 0. The first-order valence-electron chi connectivity index (χ1n) is 11.5. The average Bonchev–Trinajstić information content (AvgIpc) is 2.79. The Labute approximate surface area is 195 Å². The highest BCUT2D eigenvalue weighted by Gasteiger charge is 2.32. The zero-order valence-corrected chi connectivity index (χ0v) is 19.7. The van der Waals surface area contributed by atoms with Crippen LogP contribution in [0.2, 0.25) is 0 Å². The lowest BCUT2D eigenvalue weighted by Crippen LogP contribution is -2.59. The van der Waals surface area contributed by atoms with Gasteiger partial charge >= 0.3 is 5.97 Å². The number of nitrogens with two attached hydrogens (primary N) is 3. The summed E-state index contributed by atoms with van der Waals surface area (Å²) in [6, 6.07) is -4.34. The first-order valence-corrected chi connectivity index (χ1v) is 11.5. The minimum Gasteiger partial charge on any atom is -0.480 e. The minimum absolute atomic E-state index is 0.165. The van der Waals surface area contributed by atoms with E-state index in [2.05, 4.69) is 16.0 Å². The number of carboxylic acids is 1. The second-order valence-corrected chi connectivity index (χ2v) is 8.19. The smallest absolute Gasteiger partial charge is 0.326 e. The highest BCUT2D eigenvalue weighted by atomic mass is 16.4. The summed E-state index contributed by atoms with van der Waals surface area (Å²) in [5.41, 5.74) is 16.8. The van der Waals surface area contributed by atoms with E-state index in [4.69, 9.17) is 17.2 Å². The Morgan fingerprint density at radius 2 is 1.36 bits per heavy atom. The van der Waals surface area contributed by atoms with Gasteiger partial charge in [-0.05, 0) is 51.1 Å². The van der Waals surface area contributed by atoms with Crippen molar-refractivity contribution in [3.05, 3.63) is 0 Å². The first kappa shape index (κ1) is 30.7. The molecule has 3 amide bonds. The van der Waals surface area contributed by atoms with Gasteiger partial charge in [0.15, 0.2) is 0 Å². The van der Waals surface area contributed by atoms with E-state index < -0.39 is 54.5 Å². The van der Waals surface area contributed by atoms with Gasteiger partial charge in [-0.15, -0.1) is 0 Å². The number of hydrogen-bond acceptors (Lipinski definition) is 8. The number of aliphatic hydroxyl groups excluding tert-OH is 1. The molecule has 192 valence electrons. The molecule has 0 radical (unpaired) electrons. The summed E-state index contributed by atoms with van der Waals surface area (Å²) in [7, 11) is 0. The Balaban J connectivity index is 5.16. The van der Waals surface area contributed by atoms with Gasteiger partial charge in [-0.3, -0.25) is 14.4 Å². The first-order chi connectivity index (χ1) is 15.6. The van der Waals surface area contributed by atoms with Crippen molar-refractivity contribution >= 4 is 23.7 Å². The molecule has 0 saturated heterocycles. The molecule has 12 nitrogen and oxygen atoms in total. The van der Waals surface area contributed by atoms with Crippen molar-refractivity contribution in [2.45, 2.75) is 83.0 Å². The number of carbonyl (C=O) groups is 4. The summed E-state index contributed by atoms with van der Waals surface area (Å²) in [5, 5.41) is 26.3. The van der Waals surface area contributed by atoms with Crippen LogP contribution in [0.3, 0.4) is 0 Å². The van der Waals surface area contributed by atoms with E-state index in [0.29, 0.717) is 45.2 Å². The maximum Gasteiger partial charge on any atom is 0.326 e. The number of carbonyl (C=O) groups excluding carboxylic acids is 3. The fourth-order valence-electron chi connectivity index (χ4n) is 3.08. The molecule has 0 aliphatic heterocycles. The molecule has 0 saturated carbocycles. The summed E-state index contributed by atoms with van der Waals surface area (Å²) < 4.78 is 0. The summed E-state index contributed by atoms with van der Waals surface area (Å²) in [6.45, 7) is 3.75. The number of aliphatic carboxylic acids is 1. The number of rotatable bonds is 18. The number of hydrogen-bond donors (Lipinski definition) is 8. The fourth-order valence-corrected chi connectivity index (χ4v) is 3.08. The van der Waals surface area contributed by atoms with Crippen LogP contribution < -0.4 is 33.2 Å². The Morgan fingerprint density at radius 3 is 1.85 bits per heavy atom. The van der Waals surface area contributed by atoms with Crippen LogP contribution in [0, 0.1) is 5.92 Å². The van der Waals surface area contributed by atoms with E-state index in [1.807, 2.05) is 6.92 Å². The van der Waals surface area contributed by atoms with Gasteiger partial charge in [0.2, 0.25) is 17.7 Å². The average molecular weight is 475 g/mol. The van der Waals surface area contributed by atoms with Crippen LogP contribution in [0.4, 0.5) is 0 Å². The summed E-state index contributed by atoms with van der Waals surface area (Å²) in [6.07, 6.45) is 3.64. The lowest BCUT2D eigenvalue weighted by atomic mass is 9.97. The Morgan fingerprint density at radius 1 is 0.818 bits per heavy atom. The molecule has 0 bridgehead atoms. The van der Waals surface area contributed by atoms with Gasteiger partial charge in [0.25, 0.3) is 0 Å². The predicted octanol–water partition coefficient (Wildman–Crippen LogP) is -1.85. The van der Waals surface area contributed by atoms with Crippen molar-refractivity contribution in [1.29, 1.82) is 0 Å². The van der Waals surface area contributed by atoms with Gasteiger partial charge in [-0.1, -0.05) is 26.7 Å². The van der Waals surface area contributed by atoms with Crippen LogP contribution in [0.15, 0.2) is 0 Å². The molecule has 0 fully saturated rings. The molecule has 0 aromatic rings. The van der Waals surface area contributed by atoms with E-state index in [9.17, 15) is 29.4 Å². The highest BCUT2D eigenvalue weighted by Crippen LogP contribution is 2.10. The number of aliphatic hydroxyl groups is 1. The molecule has 0 aromatic heterocycles. The Bertz CT molecular complexity index is 620. The predicted molar refractivity (Wildman–Crippen MR) is 124 cm³/mol. The van der Waals surface area contributed by atoms with Gasteiger partial charge in [0.1, 0.15) is 18.1 Å². The SMILES string of the molecule is CCC(C)C(NC(=O)C(N)CCCCN)C(=O)NC(CO)C(=O)NC(CCCCN)C(=O)O. The van der Waals surface area contributed by atoms with Crippen LogP contribution in [0.1, 0.15) is 58.8 Å². The zero-order valence-electron chi connectivity index (χ0n) is 19.7. The van der Waals surface area contributed by atoms with Crippen molar-refractivity contribution in [2.24, 2.45) is 23.1 Å². The number of nitrogens with one attached hydrogen (secondary N) is 3. The van der Waals surface area contributed by atoms with E-state index in [1.165, 1.54) is 0 Å². The number of carboxylic acid groups (broad SMARTS) is 1. The molecule has 11 N–H and O–H groups in total. The molecule has 0 rings (SSSR count). The lowest BCUT2D eigenvalue weighted by Gasteiger charge is -2.27. The molecule has 0 heterocycles. The number of amides is 3. The van der Waals surface area contributed by atoms with E-state index in [1.54, 1.807) is 6.92 Å². The number of unbranched alkanes of at least 4 members (excludes halogenated alkanes) is 2. The van der Waals surface area contributed by atoms with E-state index in [-0.39, 0.29) is 12.3 Å². The third-order valence-corrected chi connectivity index (χ3v) is 5.48. The fraction of sp³-hybridized carbons (Fsp3) is 0.810. The Kier molecular flexibility index (Phi) is 16.0. The third kappa shape index (κ3) is 11.9. The Hall–Kier alpha value is -2.28. The molecule has 33 heavy (non-hydrogen) atoms. The summed E-state index contributed by atoms with van der Waals surface area (Å²) in [5.74, 6) is -3.51. The second-order valence-electron chi connectivity index (χ2n) is 8.19. The van der Waals surface area contributed by atoms with Crippen molar-refractivity contribution < 1.29 is 29.4 Å². The van der Waals surface area contributed by atoms with E-state index in [0.717, 1.165) is 6.42 Å². The van der Waals surface area contributed by atoms with Gasteiger partial charge in [-0.25, -0.2) is 4.79 Å². The van der Waals surface area contributed by atoms with Crippen LogP contribution in [0.25, 0.3) is 0 Å². The third-order valence-electron chi connectivity index (χ3n) is 5.48. The normalized spacial score (nSPS) is 15.6. The van der Waals surface area contributed by atoms with Crippen molar-refractivity contribution in [1.82, 2.24) is 16.0 Å². The van der Waals surface area contributed by atoms with Crippen LogP contribution in [-0.2, 0) is 19.2 Å². The molecular formula is C21H42N6O6. The van der Waals surface area contributed by atoms with E-state index >= 15 is 0 Å². The quantitative estimate of drug-likeness (QED) is 0.104. The topological polar surface area (TPSA) is 223 Å². The minimum atomic E-state index is -1.38. The van der Waals surface area contributed by atoms with Gasteiger partial charge in [0, 0.05) is 0 Å². The van der Waals surface area contributed by atoms with Crippen molar-refractivity contribution in [2.75, 3.05) is 19.7 Å². The maximum atomic E-state index is 12.9. The van der Waals surface area contributed by atoms with Crippen molar-refractivity contribution in [3.8, 4) is 0 Å². The lowest BCUT2D eigenvalue weighted by molar-refractivity contribution is -0.143. The molecule has 0 aliphatic rings. The van der Waals surface area contributed by atoms with Gasteiger partial charge in [-0.2, -0.15) is 0 Å².